The number of aryl methyl sites for hydroxylation is 1. The van der Waals surface area contributed by atoms with Crippen molar-refractivity contribution < 1.29 is 24.2 Å². The molecule has 7 nitrogen and oxygen atoms in total. The molecule has 1 saturated heterocycles. The van der Waals surface area contributed by atoms with Crippen LogP contribution in [-0.2, 0) is 25.5 Å². The van der Waals surface area contributed by atoms with Crippen LogP contribution in [0.2, 0.25) is 0 Å². The van der Waals surface area contributed by atoms with Gasteiger partial charge in [-0.1, -0.05) is 43.2 Å². The number of hydrogen-bond donors (Lipinski definition) is 2. The fourth-order valence-corrected chi connectivity index (χ4v) is 5.16. The molecule has 1 amide bonds. The van der Waals surface area contributed by atoms with E-state index < -0.39 is 30.1 Å². The second kappa shape index (κ2) is 10.8. The van der Waals surface area contributed by atoms with E-state index in [0.29, 0.717) is 25.2 Å². The van der Waals surface area contributed by atoms with Gasteiger partial charge in [0.15, 0.2) is 0 Å². The van der Waals surface area contributed by atoms with Crippen LogP contribution >= 0.6 is 0 Å². The number of rotatable bonds is 8. The normalized spacial score (nSPS) is 25.2. The molecule has 4 unspecified atom stereocenters. The summed E-state index contributed by atoms with van der Waals surface area (Å²) in [5, 5.41) is 12.9. The third-order valence-corrected chi connectivity index (χ3v) is 6.78. The molecule has 7 heteroatoms. The number of carbonyl (C=O) groups is 3. The van der Waals surface area contributed by atoms with E-state index in [9.17, 15) is 19.5 Å². The highest BCUT2D eigenvalue weighted by atomic mass is 16.5. The number of hydrogen-bond acceptors (Lipinski definition) is 5. The average Bonchev–Trinajstić information content (AvgIpc) is 2.80. The van der Waals surface area contributed by atoms with Crippen LogP contribution in [0.5, 0.6) is 0 Å². The second-order valence-corrected chi connectivity index (χ2v) is 8.78. The highest BCUT2D eigenvalue weighted by Gasteiger charge is 2.45. The molecule has 0 spiro atoms. The smallest absolute Gasteiger partial charge is 0.326 e. The maximum absolute atomic E-state index is 13.4. The summed E-state index contributed by atoms with van der Waals surface area (Å²) >= 11 is 0. The van der Waals surface area contributed by atoms with Gasteiger partial charge in [0.05, 0.1) is 13.2 Å². The minimum atomic E-state index is -0.946. The molecule has 2 fully saturated rings. The maximum atomic E-state index is 13.4. The molecule has 5 atom stereocenters. The van der Waals surface area contributed by atoms with Gasteiger partial charge in [-0.3, -0.25) is 14.9 Å². The van der Waals surface area contributed by atoms with Gasteiger partial charge in [-0.2, -0.15) is 0 Å². The Labute approximate surface area is 184 Å². The summed E-state index contributed by atoms with van der Waals surface area (Å²) < 4.78 is 4.95. The van der Waals surface area contributed by atoms with Gasteiger partial charge in [-0.05, 0) is 56.9 Å². The second-order valence-electron chi connectivity index (χ2n) is 8.78. The predicted molar refractivity (Wildman–Crippen MR) is 116 cm³/mol. The molecule has 1 aliphatic carbocycles. The van der Waals surface area contributed by atoms with Gasteiger partial charge in [0, 0.05) is 6.04 Å². The molecule has 2 N–H and O–H groups in total. The van der Waals surface area contributed by atoms with Crippen LogP contribution in [0, 0.1) is 5.92 Å². The first kappa shape index (κ1) is 23.3. The Morgan fingerprint density at radius 3 is 2.52 bits per heavy atom. The Bertz CT molecular complexity index is 768. The van der Waals surface area contributed by atoms with Gasteiger partial charge in [0.2, 0.25) is 5.91 Å². The quantitative estimate of drug-likeness (QED) is 0.616. The van der Waals surface area contributed by atoms with E-state index in [4.69, 9.17) is 4.74 Å². The number of carbonyl (C=O) groups excluding carboxylic acids is 2. The van der Waals surface area contributed by atoms with E-state index >= 15 is 0 Å². The van der Waals surface area contributed by atoms with Gasteiger partial charge < -0.3 is 14.7 Å². The van der Waals surface area contributed by atoms with E-state index in [0.717, 1.165) is 37.7 Å². The van der Waals surface area contributed by atoms with Crippen LogP contribution in [0.25, 0.3) is 0 Å². The molecule has 1 aromatic rings. The van der Waals surface area contributed by atoms with Crippen molar-refractivity contribution in [1.29, 1.82) is 0 Å². The summed E-state index contributed by atoms with van der Waals surface area (Å²) in [6.07, 6.45) is 6.55. The number of methoxy groups -OCH3 is 1. The molecule has 3 rings (SSSR count). The lowest BCUT2D eigenvalue weighted by Gasteiger charge is -2.48. The topological polar surface area (TPSA) is 95.9 Å². The van der Waals surface area contributed by atoms with Crippen LogP contribution in [0.1, 0.15) is 57.4 Å². The molecule has 1 heterocycles. The van der Waals surface area contributed by atoms with Crippen molar-refractivity contribution in [2.24, 2.45) is 5.92 Å². The summed E-state index contributed by atoms with van der Waals surface area (Å²) in [5.41, 5.74) is 1.10. The Balaban J connectivity index is 1.71. The summed E-state index contributed by atoms with van der Waals surface area (Å²) in [7, 11) is 1.34. The van der Waals surface area contributed by atoms with E-state index in [1.165, 1.54) is 7.11 Å². The number of nitrogens with zero attached hydrogens (tertiary/aromatic N) is 1. The van der Waals surface area contributed by atoms with Gasteiger partial charge >= 0.3 is 11.9 Å². The number of ether oxygens (including phenoxy) is 1. The summed E-state index contributed by atoms with van der Waals surface area (Å²) in [6.45, 7) is 1.71. The third kappa shape index (κ3) is 5.64. The molecule has 170 valence electrons. The minimum Gasteiger partial charge on any atom is -0.480 e. The van der Waals surface area contributed by atoms with Gasteiger partial charge in [-0.15, -0.1) is 0 Å². The third-order valence-electron chi connectivity index (χ3n) is 6.78. The van der Waals surface area contributed by atoms with Crippen molar-refractivity contribution in [3.8, 4) is 0 Å². The van der Waals surface area contributed by atoms with Crippen LogP contribution in [0.15, 0.2) is 30.3 Å². The number of fused-ring (bicyclic) bond motifs is 1. The molecule has 1 aliphatic heterocycles. The van der Waals surface area contributed by atoms with E-state index in [-0.39, 0.29) is 11.9 Å². The first-order chi connectivity index (χ1) is 14.9. The average molecular weight is 431 g/mol. The van der Waals surface area contributed by atoms with Crippen molar-refractivity contribution in [1.82, 2.24) is 10.2 Å². The number of benzene rings is 1. The van der Waals surface area contributed by atoms with Crippen LogP contribution in [0.4, 0.5) is 0 Å². The minimum absolute atomic E-state index is 0.0266. The highest BCUT2D eigenvalue weighted by Crippen LogP contribution is 2.38. The SMILES string of the molecule is COC(=O)C(CCc1ccccc1)N[C@@H](C)C(=O)N1C(C(=O)O)CCC2CCCCC21. The maximum Gasteiger partial charge on any atom is 0.326 e. The molecule has 0 aromatic heterocycles. The highest BCUT2D eigenvalue weighted by molar-refractivity contribution is 5.88. The predicted octanol–water partition coefficient (Wildman–Crippen LogP) is 2.77. The first-order valence-electron chi connectivity index (χ1n) is 11.3. The number of aliphatic carboxylic acids is 1. The number of carboxylic acid groups (broad SMARTS) is 1. The van der Waals surface area contributed by atoms with Crippen molar-refractivity contribution in [3.63, 3.8) is 0 Å². The molecular weight excluding hydrogens is 396 g/mol. The Morgan fingerprint density at radius 1 is 1.13 bits per heavy atom. The molecule has 1 saturated carbocycles. The number of esters is 1. The van der Waals surface area contributed by atoms with Crippen LogP contribution < -0.4 is 5.32 Å². The summed E-state index contributed by atoms with van der Waals surface area (Å²) in [4.78, 5) is 39.3. The van der Waals surface area contributed by atoms with Gasteiger partial charge in [-0.25, -0.2) is 4.79 Å². The Morgan fingerprint density at radius 2 is 1.84 bits per heavy atom. The molecule has 0 radical (unpaired) electrons. The van der Waals surface area contributed by atoms with E-state index in [2.05, 4.69) is 5.32 Å². The molecule has 2 aliphatic rings. The number of nitrogens with one attached hydrogen (secondary N) is 1. The van der Waals surface area contributed by atoms with Gasteiger partial charge in [0.1, 0.15) is 12.1 Å². The van der Waals surface area contributed by atoms with E-state index in [1.807, 2.05) is 30.3 Å². The Kier molecular flexibility index (Phi) is 8.07. The van der Waals surface area contributed by atoms with Crippen LogP contribution in [0.3, 0.4) is 0 Å². The molecule has 1 aromatic carbocycles. The fourth-order valence-electron chi connectivity index (χ4n) is 5.16. The van der Waals surface area contributed by atoms with Crippen molar-refractivity contribution in [2.45, 2.75) is 82.5 Å². The lowest BCUT2D eigenvalue weighted by Crippen LogP contribution is -2.62. The summed E-state index contributed by atoms with van der Waals surface area (Å²) in [6, 6.07) is 7.70. The number of amides is 1. The number of piperidine rings is 1. The molecular formula is C24H34N2O5. The first-order valence-corrected chi connectivity index (χ1v) is 11.3. The Hall–Kier alpha value is -2.41. The number of likely N-dealkylation sites (tertiary alicyclic amines) is 1. The zero-order valence-electron chi connectivity index (χ0n) is 18.5. The van der Waals surface area contributed by atoms with Gasteiger partial charge in [0.25, 0.3) is 0 Å². The lowest BCUT2D eigenvalue weighted by molar-refractivity contribution is -0.159. The lowest BCUT2D eigenvalue weighted by atomic mass is 9.76. The number of carboxylic acids is 1. The monoisotopic (exact) mass is 430 g/mol. The zero-order chi connectivity index (χ0) is 22.4. The van der Waals surface area contributed by atoms with Crippen LogP contribution in [-0.4, -0.2) is 59.1 Å². The molecule has 31 heavy (non-hydrogen) atoms. The standard InChI is InChI=1S/C24H34N2O5/c1-16(25-19(24(30)31-2)14-12-17-8-4-3-5-9-17)22(27)26-20-11-7-6-10-18(20)13-15-21(26)23(28)29/h3-5,8-9,16,18-21,25H,6-7,10-15H2,1-2H3,(H,28,29)/t16-,18?,19?,20?,21?/m0/s1. The largest absolute Gasteiger partial charge is 0.480 e. The summed E-state index contributed by atoms with van der Waals surface area (Å²) in [5.74, 6) is -1.23. The fraction of sp³-hybridized carbons (Fsp3) is 0.625. The molecule has 0 bridgehead atoms. The van der Waals surface area contributed by atoms with Crippen molar-refractivity contribution >= 4 is 17.8 Å². The van der Waals surface area contributed by atoms with E-state index in [1.54, 1.807) is 11.8 Å². The van der Waals surface area contributed by atoms with Crippen molar-refractivity contribution in [3.05, 3.63) is 35.9 Å². The zero-order valence-corrected chi connectivity index (χ0v) is 18.5. The van der Waals surface area contributed by atoms with Crippen molar-refractivity contribution in [2.75, 3.05) is 7.11 Å².